The molecular formula is C23H22F3N5O2. The second-order valence-corrected chi connectivity index (χ2v) is 7.54. The smallest absolute Gasteiger partial charge is 0.406 e. The maximum atomic E-state index is 12.5. The molecule has 10 heteroatoms. The van der Waals surface area contributed by atoms with E-state index < -0.39 is 18.0 Å². The Kier molecular flexibility index (Phi) is 6.74. The fourth-order valence-corrected chi connectivity index (χ4v) is 3.56. The normalized spacial score (nSPS) is 14.7. The molecule has 0 bridgehead atoms. The van der Waals surface area contributed by atoms with Crippen LogP contribution in [0, 0.1) is 0 Å². The largest absolute Gasteiger partial charge is 0.573 e. The molecule has 172 valence electrons. The zero-order valence-electron chi connectivity index (χ0n) is 17.6. The predicted octanol–water partition coefficient (Wildman–Crippen LogP) is 3.95. The third-order valence-corrected chi connectivity index (χ3v) is 5.19. The molecule has 0 atom stereocenters. The van der Waals surface area contributed by atoms with E-state index in [2.05, 4.69) is 42.0 Å². The van der Waals surface area contributed by atoms with Crippen molar-refractivity contribution in [1.82, 2.24) is 14.9 Å². The Morgan fingerprint density at radius 2 is 1.67 bits per heavy atom. The van der Waals surface area contributed by atoms with E-state index in [1.54, 1.807) is 6.07 Å². The number of nitrogens with zero attached hydrogens (tertiary/aromatic N) is 4. The van der Waals surface area contributed by atoms with E-state index in [-0.39, 0.29) is 5.56 Å². The molecule has 1 saturated heterocycles. The molecule has 0 aliphatic carbocycles. The molecule has 1 N–H and O–H groups in total. The number of carbonyl (C=O) groups excluding carboxylic acids is 1. The van der Waals surface area contributed by atoms with Gasteiger partial charge in [0, 0.05) is 44.4 Å². The number of amides is 1. The Hall–Kier alpha value is -3.66. The van der Waals surface area contributed by atoms with Gasteiger partial charge in [-0.25, -0.2) is 9.97 Å². The quantitative estimate of drug-likeness (QED) is 0.605. The molecule has 2 heterocycles. The highest BCUT2D eigenvalue weighted by molar-refractivity contribution is 6.03. The van der Waals surface area contributed by atoms with Gasteiger partial charge in [-0.15, -0.1) is 13.2 Å². The van der Waals surface area contributed by atoms with E-state index >= 15 is 0 Å². The van der Waals surface area contributed by atoms with Crippen molar-refractivity contribution in [2.45, 2.75) is 12.9 Å². The first kappa shape index (κ1) is 22.5. The number of rotatable bonds is 6. The second kappa shape index (κ2) is 9.86. The number of aromatic nitrogens is 2. The van der Waals surface area contributed by atoms with E-state index in [0.29, 0.717) is 11.6 Å². The minimum atomic E-state index is -4.78. The Bertz CT molecular complexity index is 1070. The molecule has 0 radical (unpaired) electrons. The van der Waals surface area contributed by atoms with Crippen LogP contribution < -0.4 is 15.0 Å². The van der Waals surface area contributed by atoms with Crippen LogP contribution in [0.1, 0.15) is 15.9 Å². The van der Waals surface area contributed by atoms with Crippen molar-refractivity contribution in [3.05, 3.63) is 78.1 Å². The Balaban J connectivity index is 1.33. The van der Waals surface area contributed by atoms with Gasteiger partial charge < -0.3 is 15.0 Å². The lowest BCUT2D eigenvalue weighted by atomic mass is 10.2. The molecule has 1 amide bonds. The molecule has 0 spiro atoms. The van der Waals surface area contributed by atoms with Crippen molar-refractivity contribution >= 4 is 17.5 Å². The van der Waals surface area contributed by atoms with Crippen molar-refractivity contribution in [3.63, 3.8) is 0 Å². The number of hydrogen-bond acceptors (Lipinski definition) is 6. The molecule has 4 rings (SSSR count). The van der Waals surface area contributed by atoms with Gasteiger partial charge in [0.1, 0.15) is 23.7 Å². The van der Waals surface area contributed by atoms with E-state index in [1.807, 2.05) is 18.2 Å². The van der Waals surface area contributed by atoms with Gasteiger partial charge in [-0.1, -0.05) is 30.3 Å². The number of piperazine rings is 1. The monoisotopic (exact) mass is 457 g/mol. The third kappa shape index (κ3) is 6.42. The third-order valence-electron chi connectivity index (χ3n) is 5.19. The summed E-state index contributed by atoms with van der Waals surface area (Å²) in [5.41, 5.74) is 1.45. The molecular weight excluding hydrogens is 435 g/mol. The number of alkyl halides is 3. The van der Waals surface area contributed by atoms with E-state index in [9.17, 15) is 18.0 Å². The van der Waals surface area contributed by atoms with Gasteiger partial charge in [0.05, 0.1) is 0 Å². The highest BCUT2D eigenvalue weighted by Crippen LogP contribution is 2.23. The first-order chi connectivity index (χ1) is 15.9. The van der Waals surface area contributed by atoms with Gasteiger partial charge in [-0.2, -0.15) is 0 Å². The Labute approximate surface area is 188 Å². The van der Waals surface area contributed by atoms with Crippen molar-refractivity contribution < 1.29 is 22.7 Å². The fraction of sp³-hybridized carbons (Fsp3) is 0.261. The molecule has 0 unspecified atom stereocenters. The topological polar surface area (TPSA) is 70.6 Å². The van der Waals surface area contributed by atoms with Crippen LogP contribution in [0.5, 0.6) is 5.75 Å². The van der Waals surface area contributed by atoms with Gasteiger partial charge in [0.2, 0.25) is 0 Å². The molecule has 1 fully saturated rings. The lowest BCUT2D eigenvalue weighted by molar-refractivity contribution is -0.274. The summed E-state index contributed by atoms with van der Waals surface area (Å²) in [6.45, 7) is 4.24. The highest BCUT2D eigenvalue weighted by atomic mass is 19.4. The number of ether oxygens (including phenoxy) is 1. The summed E-state index contributed by atoms with van der Waals surface area (Å²) in [6, 6.07) is 16.7. The molecule has 3 aromatic rings. The number of nitrogens with one attached hydrogen (secondary N) is 1. The first-order valence-electron chi connectivity index (χ1n) is 10.4. The zero-order valence-corrected chi connectivity index (χ0v) is 17.6. The SMILES string of the molecule is O=C(Nc1cc(N2CCN(Cc3ccccc3)CC2)ncn1)c1ccc(OC(F)(F)F)cc1. The molecule has 1 aliphatic rings. The summed E-state index contributed by atoms with van der Waals surface area (Å²) in [5, 5.41) is 2.66. The van der Waals surface area contributed by atoms with Crippen molar-refractivity contribution in [3.8, 4) is 5.75 Å². The van der Waals surface area contributed by atoms with E-state index in [0.717, 1.165) is 44.9 Å². The van der Waals surface area contributed by atoms with Crippen molar-refractivity contribution in [2.24, 2.45) is 0 Å². The standard InChI is InChI=1S/C23H22F3N5O2/c24-23(25,26)33-19-8-6-18(7-9-19)22(32)29-20-14-21(28-16-27-20)31-12-10-30(11-13-31)15-17-4-2-1-3-5-17/h1-9,14,16H,10-13,15H2,(H,27,28,29,32). The molecule has 33 heavy (non-hydrogen) atoms. The summed E-state index contributed by atoms with van der Waals surface area (Å²) in [6.07, 6.45) is -3.41. The average molecular weight is 457 g/mol. The van der Waals surface area contributed by atoms with E-state index in [1.165, 1.54) is 24.0 Å². The molecule has 2 aromatic carbocycles. The minimum absolute atomic E-state index is 0.180. The second-order valence-electron chi connectivity index (χ2n) is 7.54. The minimum Gasteiger partial charge on any atom is -0.406 e. The van der Waals surface area contributed by atoms with Crippen LogP contribution in [0.25, 0.3) is 0 Å². The van der Waals surface area contributed by atoms with Crippen LogP contribution in [0.15, 0.2) is 67.0 Å². The van der Waals surface area contributed by atoms with Crippen LogP contribution in [0.4, 0.5) is 24.8 Å². The zero-order chi connectivity index (χ0) is 23.3. The lowest BCUT2D eigenvalue weighted by Crippen LogP contribution is -2.46. The summed E-state index contributed by atoms with van der Waals surface area (Å²) in [4.78, 5) is 25.4. The van der Waals surface area contributed by atoms with Crippen molar-refractivity contribution in [2.75, 3.05) is 36.4 Å². The average Bonchev–Trinajstić information content (AvgIpc) is 2.80. The van der Waals surface area contributed by atoms with Gasteiger partial charge in [-0.05, 0) is 29.8 Å². The van der Waals surface area contributed by atoms with Crippen LogP contribution in [-0.2, 0) is 6.54 Å². The van der Waals surface area contributed by atoms with Crippen LogP contribution >= 0.6 is 0 Å². The van der Waals surface area contributed by atoms with Crippen molar-refractivity contribution in [1.29, 1.82) is 0 Å². The maximum Gasteiger partial charge on any atom is 0.573 e. The van der Waals surface area contributed by atoms with E-state index in [4.69, 9.17) is 0 Å². The number of benzene rings is 2. The number of hydrogen-bond donors (Lipinski definition) is 1. The number of halogens is 3. The summed E-state index contributed by atoms with van der Waals surface area (Å²) < 4.78 is 40.6. The lowest BCUT2D eigenvalue weighted by Gasteiger charge is -2.35. The molecule has 0 saturated carbocycles. The summed E-state index contributed by atoms with van der Waals surface area (Å²) in [7, 11) is 0. The van der Waals surface area contributed by atoms with Gasteiger partial charge in [0.25, 0.3) is 5.91 Å². The molecule has 1 aliphatic heterocycles. The number of anilines is 2. The Morgan fingerprint density at radius 1 is 0.970 bits per heavy atom. The van der Waals surface area contributed by atoms with Gasteiger partial charge in [0.15, 0.2) is 0 Å². The maximum absolute atomic E-state index is 12.5. The van der Waals surface area contributed by atoms with Crippen LogP contribution in [0.3, 0.4) is 0 Å². The first-order valence-corrected chi connectivity index (χ1v) is 10.4. The fourth-order valence-electron chi connectivity index (χ4n) is 3.56. The molecule has 1 aromatic heterocycles. The van der Waals surface area contributed by atoms with Gasteiger partial charge in [-0.3, -0.25) is 9.69 Å². The summed E-state index contributed by atoms with van der Waals surface area (Å²) in [5.74, 6) is 0.126. The summed E-state index contributed by atoms with van der Waals surface area (Å²) >= 11 is 0. The molecule has 7 nitrogen and oxygen atoms in total. The van der Waals surface area contributed by atoms with Gasteiger partial charge >= 0.3 is 6.36 Å². The highest BCUT2D eigenvalue weighted by Gasteiger charge is 2.31. The van der Waals surface area contributed by atoms with Crippen LogP contribution in [0.2, 0.25) is 0 Å². The number of carbonyl (C=O) groups is 1. The predicted molar refractivity (Wildman–Crippen MR) is 117 cm³/mol. The Morgan fingerprint density at radius 3 is 2.33 bits per heavy atom. The van der Waals surface area contributed by atoms with Crippen LogP contribution in [-0.4, -0.2) is 53.3 Å².